The zero-order chi connectivity index (χ0) is 14.6. The van der Waals surface area contributed by atoms with Gasteiger partial charge in [0.25, 0.3) is 0 Å². The first-order valence-corrected chi connectivity index (χ1v) is 6.04. The molecule has 0 fully saturated rings. The van der Waals surface area contributed by atoms with E-state index in [0.717, 1.165) is 12.3 Å². The highest BCUT2D eigenvalue weighted by molar-refractivity contribution is 5.34. The van der Waals surface area contributed by atoms with E-state index in [1.54, 1.807) is 6.07 Å². The van der Waals surface area contributed by atoms with Gasteiger partial charge in [-0.2, -0.15) is 13.2 Å². The third-order valence-electron chi connectivity index (χ3n) is 2.78. The Morgan fingerprint density at radius 3 is 2.55 bits per heavy atom. The molecule has 1 atom stereocenters. The van der Waals surface area contributed by atoms with E-state index < -0.39 is 17.8 Å². The first kappa shape index (κ1) is 14.4. The van der Waals surface area contributed by atoms with Crippen LogP contribution >= 0.6 is 0 Å². The lowest BCUT2D eigenvalue weighted by Crippen LogP contribution is -2.26. The smallest absolute Gasteiger partial charge is 0.305 e. The lowest BCUT2D eigenvalue weighted by Gasteiger charge is -2.21. The molecule has 0 aromatic carbocycles. The number of halogens is 3. The van der Waals surface area contributed by atoms with Crippen molar-refractivity contribution in [3.63, 3.8) is 0 Å². The first-order chi connectivity index (χ1) is 9.54. The first-order valence-electron chi connectivity index (χ1n) is 6.04. The Bertz CT molecular complexity index is 557. The highest BCUT2D eigenvalue weighted by atomic mass is 19.4. The summed E-state index contributed by atoms with van der Waals surface area (Å²) in [5.41, 5.74) is -0.182. The van der Waals surface area contributed by atoms with Crippen molar-refractivity contribution in [3.05, 3.63) is 53.9 Å². The number of alkyl halides is 3. The fourth-order valence-corrected chi connectivity index (χ4v) is 1.94. The molecule has 2 aromatic rings. The number of hydrogen-bond donors (Lipinski definition) is 1. The third-order valence-corrected chi connectivity index (χ3v) is 2.78. The maximum atomic E-state index is 13.1. The summed E-state index contributed by atoms with van der Waals surface area (Å²) < 4.78 is 39.2. The largest absolute Gasteiger partial charge is 0.416 e. The Morgan fingerprint density at radius 2 is 1.95 bits per heavy atom. The highest BCUT2D eigenvalue weighted by Gasteiger charge is 2.35. The second kappa shape index (κ2) is 5.96. The second-order valence-corrected chi connectivity index (χ2v) is 4.09. The molecule has 0 spiro atoms. The van der Waals surface area contributed by atoms with Crippen LogP contribution in [0.15, 0.2) is 37.1 Å². The van der Waals surface area contributed by atoms with Crippen molar-refractivity contribution >= 4 is 0 Å². The normalized spacial score (nSPS) is 13.2. The molecule has 20 heavy (non-hydrogen) atoms. The quantitative estimate of drug-likeness (QED) is 0.936. The van der Waals surface area contributed by atoms with Crippen molar-refractivity contribution in [1.82, 2.24) is 20.3 Å². The fourth-order valence-electron chi connectivity index (χ4n) is 1.94. The second-order valence-electron chi connectivity index (χ2n) is 4.09. The van der Waals surface area contributed by atoms with Gasteiger partial charge in [0.2, 0.25) is 0 Å². The average molecular weight is 282 g/mol. The van der Waals surface area contributed by atoms with Crippen molar-refractivity contribution < 1.29 is 13.2 Å². The molecule has 1 unspecified atom stereocenters. The zero-order valence-corrected chi connectivity index (χ0v) is 10.7. The molecule has 2 rings (SSSR count). The van der Waals surface area contributed by atoms with Gasteiger partial charge >= 0.3 is 6.18 Å². The van der Waals surface area contributed by atoms with E-state index in [1.807, 2.05) is 6.92 Å². The molecular weight excluding hydrogens is 269 g/mol. The van der Waals surface area contributed by atoms with Gasteiger partial charge in [0, 0.05) is 24.2 Å². The summed E-state index contributed by atoms with van der Waals surface area (Å²) in [6, 6.07) is 1.88. The van der Waals surface area contributed by atoms with E-state index in [2.05, 4.69) is 20.3 Å². The van der Waals surface area contributed by atoms with Crippen molar-refractivity contribution in [1.29, 1.82) is 0 Å². The molecule has 0 amide bonds. The number of pyridine rings is 1. The van der Waals surface area contributed by atoms with Crippen LogP contribution in [0, 0.1) is 0 Å². The Morgan fingerprint density at radius 1 is 1.20 bits per heavy atom. The summed E-state index contributed by atoms with van der Waals surface area (Å²) in [6.45, 7) is 2.32. The lowest BCUT2D eigenvalue weighted by atomic mass is 9.99. The van der Waals surface area contributed by atoms with Crippen LogP contribution in [0.1, 0.15) is 29.8 Å². The summed E-state index contributed by atoms with van der Waals surface area (Å²) >= 11 is 0. The van der Waals surface area contributed by atoms with E-state index in [4.69, 9.17) is 0 Å². The van der Waals surface area contributed by atoms with E-state index in [9.17, 15) is 13.2 Å². The molecule has 106 valence electrons. The lowest BCUT2D eigenvalue weighted by molar-refractivity contribution is -0.138. The monoisotopic (exact) mass is 282 g/mol. The highest BCUT2D eigenvalue weighted by Crippen LogP contribution is 2.35. The molecule has 0 saturated heterocycles. The zero-order valence-electron chi connectivity index (χ0n) is 10.7. The Kier molecular flexibility index (Phi) is 4.29. The minimum atomic E-state index is -4.43. The summed E-state index contributed by atoms with van der Waals surface area (Å²) in [7, 11) is 0. The van der Waals surface area contributed by atoms with Crippen molar-refractivity contribution in [2.24, 2.45) is 0 Å². The van der Waals surface area contributed by atoms with Crippen molar-refractivity contribution in [2.75, 3.05) is 6.54 Å². The van der Waals surface area contributed by atoms with Crippen LogP contribution in [0.3, 0.4) is 0 Å². The van der Waals surface area contributed by atoms with Gasteiger partial charge in [-0.3, -0.25) is 4.98 Å². The number of nitrogens with one attached hydrogen (secondary N) is 1. The molecule has 0 aliphatic carbocycles. The number of hydrogen-bond acceptors (Lipinski definition) is 4. The number of nitrogens with zero attached hydrogens (tertiary/aromatic N) is 3. The Balaban J connectivity index is 2.51. The topological polar surface area (TPSA) is 50.7 Å². The molecule has 7 heteroatoms. The van der Waals surface area contributed by atoms with Crippen LogP contribution in [0.4, 0.5) is 13.2 Å². The molecular formula is C13H13F3N4. The SMILES string of the molecule is CCNC(c1ccncn1)c1cnccc1C(F)(F)F. The number of aromatic nitrogens is 3. The predicted octanol–water partition coefficient (Wildman–Crippen LogP) is 2.59. The van der Waals surface area contributed by atoms with Gasteiger partial charge in [0.05, 0.1) is 17.3 Å². The van der Waals surface area contributed by atoms with E-state index in [1.165, 1.54) is 18.7 Å². The molecule has 0 bridgehead atoms. The maximum Gasteiger partial charge on any atom is 0.416 e. The summed E-state index contributed by atoms with van der Waals surface area (Å²) in [6.07, 6.45) is 0.728. The van der Waals surface area contributed by atoms with Crippen LogP contribution in [-0.2, 0) is 6.18 Å². The van der Waals surface area contributed by atoms with E-state index in [-0.39, 0.29) is 5.56 Å². The van der Waals surface area contributed by atoms with Gasteiger partial charge in [-0.25, -0.2) is 9.97 Å². The maximum absolute atomic E-state index is 13.1. The molecule has 2 aromatic heterocycles. The fraction of sp³-hybridized carbons (Fsp3) is 0.308. The Labute approximate surface area is 114 Å². The molecule has 0 aliphatic heterocycles. The summed E-state index contributed by atoms with van der Waals surface area (Å²) in [5, 5.41) is 3.00. The molecule has 0 radical (unpaired) electrons. The minimum Gasteiger partial charge on any atom is -0.305 e. The van der Waals surface area contributed by atoms with E-state index in [0.29, 0.717) is 12.2 Å². The molecule has 0 aliphatic rings. The van der Waals surface area contributed by atoms with E-state index >= 15 is 0 Å². The molecule has 1 N–H and O–H groups in total. The minimum absolute atomic E-state index is 0.0561. The van der Waals surface area contributed by atoms with Gasteiger partial charge in [-0.15, -0.1) is 0 Å². The third kappa shape index (κ3) is 3.11. The summed E-state index contributed by atoms with van der Waals surface area (Å²) in [4.78, 5) is 11.6. The van der Waals surface area contributed by atoms with Gasteiger partial charge in [0.1, 0.15) is 6.33 Å². The van der Waals surface area contributed by atoms with Crippen molar-refractivity contribution in [2.45, 2.75) is 19.1 Å². The molecule has 0 saturated carbocycles. The van der Waals surface area contributed by atoms with Crippen LogP contribution in [0.2, 0.25) is 0 Å². The van der Waals surface area contributed by atoms with Gasteiger partial charge in [-0.05, 0) is 18.7 Å². The van der Waals surface area contributed by atoms with Crippen molar-refractivity contribution in [3.8, 4) is 0 Å². The van der Waals surface area contributed by atoms with Gasteiger partial charge < -0.3 is 5.32 Å². The van der Waals surface area contributed by atoms with Crippen LogP contribution in [0.5, 0.6) is 0 Å². The van der Waals surface area contributed by atoms with Crippen LogP contribution in [-0.4, -0.2) is 21.5 Å². The summed E-state index contributed by atoms with van der Waals surface area (Å²) in [5.74, 6) is 0. The molecule has 4 nitrogen and oxygen atoms in total. The average Bonchev–Trinajstić information content (AvgIpc) is 2.45. The molecule has 2 heterocycles. The van der Waals surface area contributed by atoms with Gasteiger partial charge in [-0.1, -0.05) is 6.92 Å². The Hall–Kier alpha value is -2.02. The van der Waals surface area contributed by atoms with Crippen LogP contribution < -0.4 is 5.32 Å². The standard InChI is InChI=1S/C13H13F3N4/c1-2-19-12(11-4-6-18-8-20-11)9-7-17-5-3-10(9)13(14,15)16/h3-8,12,19H,2H2,1H3. The van der Waals surface area contributed by atoms with Crippen LogP contribution in [0.25, 0.3) is 0 Å². The van der Waals surface area contributed by atoms with Gasteiger partial charge in [0.15, 0.2) is 0 Å². The predicted molar refractivity (Wildman–Crippen MR) is 66.8 cm³/mol. The number of rotatable bonds is 4.